The highest BCUT2D eigenvalue weighted by molar-refractivity contribution is 5.79. The smallest absolute Gasteiger partial charge is 0.191 e. The van der Waals surface area contributed by atoms with Crippen molar-refractivity contribution in [2.45, 2.75) is 45.4 Å². The molecule has 0 spiro atoms. The van der Waals surface area contributed by atoms with Crippen molar-refractivity contribution in [2.24, 2.45) is 4.99 Å². The molecule has 1 unspecified atom stereocenters. The summed E-state index contributed by atoms with van der Waals surface area (Å²) in [5.41, 5.74) is 1.25. The van der Waals surface area contributed by atoms with Crippen LogP contribution >= 0.6 is 0 Å². The summed E-state index contributed by atoms with van der Waals surface area (Å²) in [5, 5.41) is 6.66. The lowest BCUT2D eigenvalue weighted by atomic mass is 10.2. The first kappa shape index (κ1) is 21.3. The summed E-state index contributed by atoms with van der Waals surface area (Å²) in [5.74, 6) is 1.76. The van der Waals surface area contributed by atoms with E-state index < -0.39 is 0 Å². The van der Waals surface area contributed by atoms with Crippen LogP contribution in [0.25, 0.3) is 0 Å². The second kappa shape index (κ2) is 12.2. The summed E-state index contributed by atoms with van der Waals surface area (Å²) in [6.45, 7) is 7.35. The van der Waals surface area contributed by atoms with E-state index >= 15 is 0 Å². The van der Waals surface area contributed by atoms with Crippen LogP contribution in [0.4, 0.5) is 0 Å². The van der Waals surface area contributed by atoms with Crippen molar-refractivity contribution in [3.8, 4) is 0 Å². The molecule has 29 heavy (non-hydrogen) atoms. The van der Waals surface area contributed by atoms with Crippen LogP contribution in [0, 0.1) is 0 Å². The lowest BCUT2D eigenvalue weighted by Gasteiger charge is -2.13. The van der Waals surface area contributed by atoms with Crippen molar-refractivity contribution in [2.75, 3.05) is 32.9 Å². The fraction of sp³-hybridized carbons (Fsp3) is 0.545. The molecule has 3 rings (SSSR count). The number of aliphatic imine (C=N–C) groups is 1. The molecule has 1 aromatic carbocycles. The monoisotopic (exact) mass is 399 g/mol. The molecule has 1 saturated heterocycles. The third kappa shape index (κ3) is 7.51. The summed E-state index contributed by atoms with van der Waals surface area (Å²) in [4.78, 5) is 9.16. The zero-order valence-corrected chi connectivity index (χ0v) is 17.3. The van der Waals surface area contributed by atoms with Gasteiger partial charge in [-0.2, -0.15) is 0 Å². The van der Waals surface area contributed by atoms with Gasteiger partial charge in [0.2, 0.25) is 0 Å². The number of aromatic nitrogens is 2. The zero-order valence-electron chi connectivity index (χ0n) is 17.3. The van der Waals surface area contributed by atoms with Crippen molar-refractivity contribution >= 4 is 5.96 Å². The number of nitrogens with zero attached hydrogens (tertiary/aromatic N) is 3. The highest BCUT2D eigenvalue weighted by Gasteiger charge is 2.14. The van der Waals surface area contributed by atoms with Gasteiger partial charge in [0.25, 0.3) is 0 Å². The van der Waals surface area contributed by atoms with Crippen molar-refractivity contribution in [1.29, 1.82) is 0 Å². The van der Waals surface area contributed by atoms with Crippen LogP contribution in [0.1, 0.15) is 37.6 Å². The molecule has 7 heteroatoms. The van der Waals surface area contributed by atoms with Gasteiger partial charge in [-0.25, -0.2) is 9.98 Å². The first-order chi connectivity index (χ1) is 14.3. The quantitative estimate of drug-likeness (QED) is 0.345. The van der Waals surface area contributed by atoms with Gasteiger partial charge in [-0.3, -0.25) is 0 Å². The highest BCUT2D eigenvalue weighted by atomic mass is 16.5. The Morgan fingerprint density at radius 2 is 2.21 bits per heavy atom. The van der Waals surface area contributed by atoms with Gasteiger partial charge < -0.3 is 24.7 Å². The summed E-state index contributed by atoms with van der Waals surface area (Å²) in [6, 6.07) is 10.4. The van der Waals surface area contributed by atoms with E-state index in [9.17, 15) is 0 Å². The molecule has 0 amide bonds. The number of hydrogen-bond donors (Lipinski definition) is 2. The molecular weight excluding hydrogens is 366 g/mol. The Morgan fingerprint density at radius 1 is 1.31 bits per heavy atom. The topological polar surface area (TPSA) is 72.7 Å². The van der Waals surface area contributed by atoms with Crippen molar-refractivity contribution in [3.05, 3.63) is 54.1 Å². The molecule has 7 nitrogen and oxygen atoms in total. The number of hydrogen-bond acceptors (Lipinski definition) is 4. The Labute approximate surface area is 173 Å². The van der Waals surface area contributed by atoms with Crippen molar-refractivity contribution < 1.29 is 9.47 Å². The van der Waals surface area contributed by atoms with Crippen LogP contribution < -0.4 is 10.6 Å². The Hall–Kier alpha value is -2.38. The largest absolute Gasteiger partial charge is 0.379 e. The van der Waals surface area contributed by atoms with Gasteiger partial charge >= 0.3 is 0 Å². The number of rotatable bonds is 11. The minimum atomic E-state index is 0.293. The highest BCUT2D eigenvalue weighted by Crippen LogP contribution is 2.11. The van der Waals surface area contributed by atoms with Crippen LogP contribution in [0.3, 0.4) is 0 Å². The van der Waals surface area contributed by atoms with E-state index in [2.05, 4.69) is 56.4 Å². The van der Waals surface area contributed by atoms with Crippen LogP contribution in [-0.4, -0.2) is 54.5 Å². The molecule has 1 aliphatic rings. The molecule has 2 heterocycles. The van der Waals surface area contributed by atoms with Crippen LogP contribution in [0.15, 0.2) is 47.7 Å². The number of guanidine groups is 1. The number of benzene rings is 1. The first-order valence-electron chi connectivity index (χ1n) is 10.6. The molecule has 2 aromatic rings. The van der Waals surface area contributed by atoms with E-state index in [1.165, 1.54) is 5.56 Å². The third-order valence-corrected chi connectivity index (χ3v) is 4.81. The molecule has 0 aliphatic carbocycles. The van der Waals surface area contributed by atoms with Crippen LogP contribution in [-0.2, 0) is 22.6 Å². The maximum atomic E-state index is 5.71. The van der Waals surface area contributed by atoms with Gasteiger partial charge in [-0.1, -0.05) is 30.3 Å². The molecule has 0 bridgehead atoms. The van der Waals surface area contributed by atoms with Crippen LogP contribution in [0.2, 0.25) is 0 Å². The standard InChI is InChI=1S/C22H33N5O2/c1-2-23-22(25-11-7-14-28-18-20-10-6-15-29-20)26-16-21-24-12-13-27(21)17-19-8-4-3-5-9-19/h3-5,8-9,12-13,20H,2,6-7,10-11,14-18H2,1H3,(H2,23,25,26). The van der Waals surface area contributed by atoms with Gasteiger partial charge in [0.05, 0.1) is 12.7 Å². The second-order valence-corrected chi connectivity index (χ2v) is 7.14. The fourth-order valence-electron chi connectivity index (χ4n) is 3.28. The molecule has 1 fully saturated rings. The number of imidazole rings is 1. The Balaban J connectivity index is 1.41. The van der Waals surface area contributed by atoms with Crippen LogP contribution in [0.5, 0.6) is 0 Å². The Kier molecular flexibility index (Phi) is 9.00. The van der Waals surface area contributed by atoms with E-state index in [4.69, 9.17) is 9.47 Å². The molecule has 1 atom stereocenters. The normalized spacial score (nSPS) is 16.9. The lowest BCUT2D eigenvalue weighted by molar-refractivity contribution is 0.0168. The van der Waals surface area contributed by atoms with Crippen molar-refractivity contribution in [1.82, 2.24) is 20.2 Å². The maximum absolute atomic E-state index is 5.71. The second-order valence-electron chi connectivity index (χ2n) is 7.14. The average Bonchev–Trinajstić information content (AvgIpc) is 3.41. The minimum Gasteiger partial charge on any atom is -0.379 e. The maximum Gasteiger partial charge on any atom is 0.191 e. The predicted octanol–water partition coefficient (Wildman–Crippen LogP) is 2.57. The van der Waals surface area contributed by atoms with E-state index in [0.717, 1.165) is 63.9 Å². The van der Waals surface area contributed by atoms with E-state index in [-0.39, 0.29) is 0 Å². The van der Waals surface area contributed by atoms with E-state index in [1.54, 1.807) is 0 Å². The number of ether oxygens (including phenoxy) is 2. The molecule has 1 aromatic heterocycles. The molecule has 2 N–H and O–H groups in total. The van der Waals surface area contributed by atoms with Gasteiger partial charge in [0.15, 0.2) is 5.96 Å². The SMILES string of the molecule is CCNC(=NCc1nccn1Cc1ccccc1)NCCCOCC1CCCO1. The van der Waals surface area contributed by atoms with Gasteiger partial charge in [0, 0.05) is 45.2 Å². The fourth-order valence-corrected chi connectivity index (χ4v) is 3.28. The van der Waals surface area contributed by atoms with E-state index in [1.807, 2.05) is 18.5 Å². The predicted molar refractivity (Wildman–Crippen MR) is 115 cm³/mol. The summed E-state index contributed by atoms with van der Waals surface area (Å²) in [7, 11) is 0. The number of nitrogens with one attached hydrogen (secondary N) is 2. The molecule has 158 valence electrons. The first-order valence-corrected chi connectivity index (χ1v) is 10.6. The summed E-state index contributed by atoms with van der Waals surface area (Å²) in [6.07, 6.45) is 7.33. The summed E-state index contributed by atoms with van der Waals surface area (Å²) >= 11 is 0. The van der Waals surface area contributed by atoms with Gasteiger partial charge in [-0.05, 0) is 31.7 Å². The van der Waals surface area contributed by atoms with E-state index in [0.29, 0.717) is 19.3 Å². The molecule has 0 saturated carbocycles. The Bertz CT molecular complexity index is 726. The Morgan fingerprint density at radius 3 is 3.00 bits per heavy atom. The summed E-state index contributed by atoms with van der Waals surface area (Å²) < 4.78 is 13.4. The third-order valence-electron chi connectivity index (χ3n) is 4.81. The molecule has 1 aliphatic heterocycles. The van der Waals surface area contributed by atoms with Gasteiger partial charge in [-0.15, -0.1) is 0 Å². The molecule has 0 radical (unpaired) electrons. The van der Waals surface area contributed by atoms with Crippen molar-refractivity contribution in [3.63, 3.8) is 0 Å². The average molecular weight is 400 g/mol. The molecular formula is C22H33N5O2. The zero-order chi connectivity index (χ0) is 20.2. The minimum absolute atomic E-state index is 0.293. The lowest BCUT2D eigenvalue weighted by Crippen LogP contribution is -2.38. The van der Waals surface area contributed by atoms with Gasteiger partial charge in [0.1, 0.15) is 12.4 Å².